The average Bonchev–Trinajstić information content (AvgIpc) is 2.46. The van der Waals surface area contributed by atoms with Crippen LogP contribution in [0.15, 0.2) is 24.3 Å². The van der Waals surface area contributed by atoms with Crippen molar-refractivity contribution in [3.05, 3.63) is 45.5 Å². The fourth-order valence-corrected chi connectivity index (χ4v) is 2.06. The van der Waals surface area contributed by atoms with E-state index in [0.717, 1.165) is 19.8 Å². The van der Waals surface area contributed by atoms with Gasteiger partial charge in [-0.25, -0.2) is 0 Å². The quantitative estimate of drug-likeness (QED) is 0.340. The molecule has 1 atom stereocenters. The predicted octanol–water partition coefficient (Wildman–Crippen LogP) is 1.32. The Hall–Kier alpha value is -2.44. The fraction of sp³-hybridized carbons (Fsp3) is 0.429. The molecule has 7 heteroatoms. The molecule has 0 N–H and O–H groups in total. The Kier molecular flexibility index (Phi) is 5.83. The van der Waals surface area contributed by atoms with Crippen molar-refractivity contribution in [1.82, 2.24) is 0 Å². The van der Waals surface area contributed by atoms with Gasteiger partial charge in [0.05, 0.1) is 20.1 Å². The maximum atomic E-state index is 11.8. The standard InChI is InChI=1S/C14H17NO6/c1-9-4-6-10(7-5-9)11(8-15(18)19)12(13(16)20-2)14(17)21-3/h4-7,11-12H,8H2,1-3H3/t11-/m0/s1. The number of methoxy groups -OCH3 is 2. The minimum Gasteiger partial charge on any atom is -0.468 e. The van der Waals surface area contributed by atoms with E-state index in [9.17, 15) is 19.7 Å². The van der Waals surface area contributed by atoms with Gasteiger partial charge in [-0.2, -0.15) is 0 Å². The van der Waals surface area contributed by atoms with Crippen LogP contribution in [0.4, 0.5) is 0 Å². The smallest absolute Gasteiger partial charge is 0.320 e. The minimum atomic E-state index is -1.37. The van der Waals surface area contributed by atoms with Crippen molar-refractivity contribution in [3.8, 4) is 0 Å². The zero-order valence-corrected chi connectivity index (χ0v) is 12.1. The molecule has 0 unspecified atom stereocenters. The number of aryl methyl sites for hydroxylation is 1. The molecule has 7 nitrogen and oxygen atoms in total. The van der Waals surface area contributed by atoms with Gasteiger partial charge in [-0.05, 0) is 12.5 Å². The topological polar surface area (TPSA) is 95.7 Å². The summed E-state index contributed by atoms with van der Waals surface area (Å²) in [5.41, 5.74) is 1.48. The number of rotatable bonds is 6. The Morgan fingerprint density at radius 1 is 1.14 bits per heavy atom. The largest absolute Gasteiger partial charge is 0.468 e. The van der Waals surface area contributed by atoms with Crippen LogP contribution in [0.3, 0.4) is 0 Å². The van der Waals surface area contributed by atoms with Gasteiger partial charge >= 0.3 is 11.9 Å². The van der Waals surface area contributed by atoms with E-state index < -0.39 is 35.2 Å². The molecule has 0 heterocycles. The van der Waals surface area contributed by atoms with Crippen LogP contribution in [0.2, 0.25) is 0 Å². The Morgan fingerprint density at radius 2 is 1.62 bits per heavy atom. The maximum Gasteiger partial charge on any atom is 0.320 e. The lowest BCUT2D eigenvalue weighted by atomic mass is 9.85. The zero-order chi connectivity index (χ0) is 16.0. The Bertz CT molecular complexity index is 509. The van der Waals surface area contributed by atoms with Crippen molar-refractivity contribution in [2.24, 2.45) is 5.92 Å². The summed E-state index contributed by atoms with van der Waals surface area (Å²) in [5.74, 6) is -4.02. The van der Waals surface area contributed by atoms with Gasteiger partial charge in [0.2, 0.25) is 6.54 Å². The molecule has 0 amide bonds. The molecule has 1 aromatic carbocycles. The number of hydrogen-bond donors (Lipinski definition) is 0. The number of esters is 2. The number of carbonyl (C=O) groups excluding carboxylic acids is 2. The third-order valence-electron chi connectivity index (χ3n) is 3.16. The highest BCUT2D eigenvalue weighted by atomic mass is 16.6. The highest BCUT2D eigenvalue weighted by molar-refractivity contribution is 5.96. The number of benzene rings is 1. The van der Waals surface area contributed by atoms with Crippen LogP contribution in [0.1, 0.15) is 17.0 Å². The molecule has 114 valence electrons. The fourth-order valence-electron chi connectivity index (χ4n) is 2.06. The first-order chi connectivity index (χ1) is 9.90. The van der Waals surface area contributed by atoms with E-state index in [1.807, 2.05) is 6.92 Å². The number of nitro groups is 1. The normalized spacial score (nSPS) is 11.8. The van der Waals surface area contributed by atoms with E-state index >= 15 is 0 Å². The van der Waals surface area contributed by atoms with Gasteiger partial charge in [-0.15, -0.1) is 0 Å². The van der Waals surface area contributed by atoms with Crippen LogP contribution in [0.5, 0.6) is 0 Å². The predicted molar refractivity (Wildman–Crippen MR) is 73.3 cm³/mol. The van der Waals surface area contributed by atoms with Gasteiger partial charge in [0, 0.05) is 4.92 Å². The lowest BCUT2D eigenvalue weighted by molar-refractivity contribution is -0.484. The molecule has 1 aromatic rings. The third kappa shape index (κ3) is 4.27. The molecule has 1 rings (SSSR count). The highest BCUT2D eigenvalue weighted by Gasteiger charge is 2.40. The highest BCUT2D eigenvalue weighted by Crippen LogP contribution is 2.27. The second-order valence-corrected chi connectivity index (χ2v) is 4.56. The summed E-state index contributed by atoms with van der Waals surface area (Å²) in [6.45, 7) is 1.29. The number of hydrogen-bond acceptors (Lipinski definition) is 6. The number of carbonyl (C=O) groups is 2. The van der Waals surface area contributed by atoms with Gasteiger partial charge in [0.25, 0.3) is 0 Å². The van der Waals surface area contributed by atoms with Crippen LogP contribution in [0.25, 0.3) is 0 Å². The van der Waals surface area contributed by atoms with Crippen LogP contribution >= 0.6 is 0 Å². The van der Waals surface area contributed by atoms with Crippen LogP contribution in [0, 0.1) is 23.0 Å². The lowest BCUT2D eigenvalue weighted by Gasteiger charge is -2.20. The van der Waals surface area contributed by atoms with Gasteiger partial charge in [-0.1, -0.05) is 29.8 Å². The summed E-state index contributed by atoms with van der Waals surface area (Å²) in [7, 11) is 2.24. The summed E-state index contributed by atoms with van der Waals surface area (Å²) < 4.78 is 9.16. The number of ether oxygens (including phenoxy) is 2. The van der Waals surface area contributed by atoms with E-state index in [1.54, 1.807) is 24.3 Å². The lowest BCUT2D eigenvalue weighted by Crippen LogP contribution is -2.35. The molecule has 0 saturated carbocycles. The first kappa shape index (κ1) is 16.6. The SMILES string of the molecule is COC(=O)C(C(=O)OC)[C@@H](C[N+](=O)[O-])c1ccc(C)cc1. The molecule has 0 bridgehead atoms. The Morgan fingerprint density at radius 3 is 2.00 bits per heavy atom. The average molecular weight is 295 g/mol. The van der Waals surface area contributed by atoms with Gasteiger partial charge in [0.1, 0.15) is 0 Å². The molecule has 21 heavy (non-hydrogen) atoms. The molecule has 0 aliphatic rings. The Balaban J connectivity index is 3.25. The summed E-state index contributed by atoms with van der Waals surface area (Å²) in [6.07, 6.45) is 0. The van der Waals surface area contributed by atoms with Gasteiger partial charge in [0.15, 0.2) is 5.92 Å². The van der Waals surface area contributed by atoms with E-state index in [2.05, 4.69) is 9.47 Å². The van der Waals surface area contributed by atoms with Crippen LogP contribution in [-0.4, -0.2) is 37.6 Å². The molecular weight excluding hydrogens is 278 g/mol. The molecule has 0 aliphatic carbocycles. The first-order valence-corrected chi connectivity index (χ1v) is 6.24. The molecule has 0 aromatic heterocycles. The molecule has 0 fully saturated rings. The molecule has 0 aliphatic heterocycles. The van der Waals surface area contributed by atoms with E-state index in [0.29, 0.717) is 5.56 Å². The van der Waals surface area contributed by atoms with Gasteiger partial charge in [-0.3, -0.25) is 19.7 Å². The van der Waals surface area contributed by atoms with Crippen molar-refractivity contribution >= 4 is 11.9 Å². The summed E-state index contributed by atoms with van der Waals surface area (Å²) >= 11 is 0. The van der Waals surface area contributed by atoms with Crippen molar-refractivity contribution in [2.45, 2.75) is 12.8 Å². The second-order valence-electron chi connectivity index (χ2n) is 4.56. The van der Waals surface area contributed by atoms with Gasteiger partial charge < -0.3 is 9.47 Å². The second kappa shape index (κ2) is 7.37. The Labute approximate surface area is 122 Å². The zero-order valence-electron chi connectivity index (χ0n) is 12.1. The van der Waals surface area contributed by atoms with Crippen molar-refractivity contribution < 1.29 is 24.0 Å². The first-order valence-electron chi connectivity index (χ1n) is 6.24. The monoisotopic (exact) mass is 295 g/mol. The van der Waals surface area contributed by atoms with Crippen molar-refractivity contribution in [3.63, 3.8) is 0 Å². The van der Waals surface area contributed by atoms with Crippen molar-refractivity contribution in [2.75, 3.05) is 20.8 Å². The molecule has 0 saturated heterocycles. The van der Waals surface area contributed by atoms with E-state index in [1.165, 1.54) is 0 Å². The third-order valence-corrected chi connectivity index (χ3v) is 3.16. The maximum absolute atomic E-state index is 11.8. The molecule has 0 spiro atoms. The minimum absolute atomic E-state index is 0.512. The molecular formula is C14H17NO6. The number of nitrogens with zero attached hydrogens (tertiary/aromatic N) is 1. The van der Waals surface area contributed by atoms with E-state index in [-0.39, 0.29) is 0 Å². The summed E-state index contributed by atoms with van der Waals surface area (Å²) in [4.78, 5) is 34.0. The van der Waals surface area contributed by atoms with E-state index in [4.69, 9.17) is 0 Å². The van der Waals surface area contributed by atoms with Crippen molar-refractivity contribution in [1.29, 1.82) is 0 Å². The summed E-state index contributed by atoms with van der Waals surface area (Å²) in [5, 5.41) is 10.9. The molecule has 0 radical (unpaired) electrons. The van der Waals surface area contributed by atoms with Crippen LogP contribution in [-0.2, 0) is 19.1 Å². The van der Waals surface area contributed by atoms with Crippen LogP contribution < -0.4 is 0 Å². The summed E-state index contributed by atoms with van der Waals surface area (Å²) in [6, 6.07) is 6.83.